The van der Waals surface area contributed by atoms with Crippen LogP contribution in [0.15, 0.2) is 35.7 Å². The normalized spacial score (nSPS) is 21.3. The molecule has 1 nitrogen and oxygen atoms in total. The monoisotopic (exact) mass is 175 g/mol. The zero-order chi connectivity index (χ0) is 9.47. The first kappa shape index (κ1) is 8.61. The Hall–Kier alpha value is -0.980. The molecule has 2 aliphatic rings. The van der Waals surface area contributed by atoms with Gasteiger partial charge < -0.3 is 4.90 Å². The highest BCUT2D eigenvalue weighted by atomic mass is 15.2. The van der Waals surface area contributed by atoms with Crippen molar-refractivity contribution in [1.82, 2.24) is 4.90 Å². The van der Waals surface area contributed by atoms with E-state index in [4.69, 9.17) is 0 Å². The van der Waals surface area contributed by atoms with Crippen LogP contribution in [0.1, 0.15) is 33.6 Å². The second-order valence-electron chi connectivity index (χ2n) is 4.70. The molecule has 0 radical (unpaired) electrons. The van der Waals surface area contributed by atoms with Gasteiger partial charge in [-0.3, -0.25) is 0 Å². The summed E-state index contributed by atoms with van der Waals surface area (Å²) in [6.45, 7) is 6.75. The van der Waals surface area contributed by atoms with Gasteiger partial charge in [0.2, 0.25) is 0 Å². The van der Waals surface area contributed by atoms with E-state index in [0.29, 0.717) is 0 Å². The molecule has 13 heavy (non-hydrogen) atoms. The van der Waals surface area contributed by atoms with Crippen LogP contribution >= 0.6 is 0 Å². The maximum Gasteiger partial charge on any atom is 0.0403 e. The molecule has 0 aromatic rings. The van der Waals surface area contributed by atoms with Crippen molar-refractivity contribution in [3.05, 3.63) is 35.7 Å². The molecule has 0 spiro atoms. The van der Waals surface area contributed by atoms with Crippen molar-refractivity contribution in [2.24, 2.45) is 0 Å². The van der Waals surface area contributed by atoms with Crippen LogP contribution in [-0.4, -0.2) is 10.4 Å². The van der Waals surface area contributed by atoms with E-state index in [2.05, 4.69) is 50.1 Å². The molecule has 2 rings (SSSR count). The largest absolute Gasteiger partial charge is 0.343 e. The first-order chi connectivity index (χ1) is 6.09. The van der Waals surface area contributed by atoms with Gasteiger partial charge in [-0.2, -0.15) is 0 Å². The third-order valence-electron chi connectivity index (χ3n) is 2.60. The number of hydrogen-bond acceptors (Lipinski definition) is 1. The fourth-order valence-corrected chi connectivity index (χ4v) is 1.96. The Morgan fingerprint density at radius 2 is 2.08 bits per heavy atom. The van der Waals surface area contributed by atoms with Crippen molar-refractivity contribution in [3.63, 3.8) is 0 Å². The van der Waals surface area contributed by atoms with Crippen molar-refractivity contribution in [1.29, 1.82) is 0 Å². The van der Waals surface area contributed by atoms with Crippen LogP contribution in [-0.2, 0) is 0 Å². The van der Waals surface area contributed by atoms with E-state index in [-0.39, 0.29) is 5.54 Å². The minimum Gasteiger partial charge on any atom is -0.343 e. The minimum atomic E-state index is 0.201. The van der Waals surface area contributed by atoms with Gasteiger partial charge in [-0.05, 0) is 45.3 Å². The lowest BCUT2D eigenvalue weighted by atomic mass is 10.0. The van der Waals surface area contributed by atoms with Gasteiger partial charge in [0.1, 0.15) is 0 Å². The van der Waals surface area contributed by atoms with Crippen LogP contribution in [0.3, 0.4) is 0 Å². The molecular formula is C12H17N. The molecule has 0 aromatic carbocycles. The SMILES string of the molecule is CC(C)(C)N1C=CC=C2CCC=C21. The van der Waals surface area contributed by atoms with E-state index in [1.807, 2.05) is 0 Å². The average Bonchev–Trinajstić information content (AvgIpc) is 2.48. The number of nitrogens with zero attached hydrogens (tertiary/aromatic N) is 1. The highest BCUT2D eigenvalue weighted by Crippen LogP contribution is 2.35. The van der Waals surface area contributed by atoms with E-state index >= 15 is 0 Å². The summed E-state index contributed by atoms with van der Waals surface area (Å²) < 4.78 is 0. The lowest BCUT2D eigenvalue weighted by Gasteiger charge is -2.37. The molecule has 0 atom stereocenters. The van der Waals surface area contributed by atoms with E-state index < -0.39 is 0 Å². The van der Waals surface area contributed by atoms with Crippen LogP contribution in [0.4, 0.5) is 0 Å². The third-order valence-corrected chi connectivity index (χ3v) is 2.60. The molecule has 0 aromatic heterocycles. The van der Waals surface area contributed by atoms with Gasteiger partial charge in [0.15, 0.2) is 0 Å². The molecule has 1 aliphatic carbocycles. The molecule has 0 bridgehead atoms. The molecule has 1 heterocycles. The number of allylic oxidation sites excluding steroid dienone is 4. The second kappa shape index (κ2) is 2.76. The van der Waals surface area contributed by atoms with Crippen molar-refractivity contribution in [3.8, 4) is 0 Å². The number of rotatable bonds is 0. The van der Waals surface area contributed by atoms with Gasteiger partial charge in [0.25, 0.3) is 0 Å². The zero-order valence-corrected chi connectivity index (χ0v) is 8.67. The molecule has 0 unspecified atom stereocenters. The van der Waals surface area contributed by atoms with E-state index in [0.717, 1.165) is 0 Å². The highest BCUT2D eigenvalue weighted by molar-refractivity contribution is 5.42. The molecule has 0 saturated carbocycles. The van der Waals surface area contributed by atoms with Crippen LogP contribution in [0, 0.1) is 0 Å². The summed E-state index contributed by atoms with van der Waals surface area (Å²) in [5.74, 6) is 0. The van der Waals surface area contributed by atoms with Crippen LogP contribution in [0.5, 0.6) is 0 Å². The van der Waals surface area contributed by atoms with Crippen LogP contribution < -0.4 is 0 Å². The Kier molecular flexibility index (Phi) is 1.83. The zero-order valence-electron chi connectivity index (χ0n) is 8.67. The quantitative estimate of drug-likeness (QED) is 0.546. The molecular weight excluding hydrogens is 158 g/mol. The van der Waals surface area contributed by atoms with Crippen molar-refractivity contribution < 1.29 is 0 Å². The van der Waals surface area contributed by atoms with Crippen molar-refractivity contribution >= 4 is 0 Å². The van der Waals surface area contributed by atoms with Gasteiger partial charge in [0.05, 0.1) is 0 Å². The van der Waals surface area contributed by atoms with Crippen molar-refractivity contribution in [2.75, 3.05) is 0 Å². The molecule has 0 fully saturated rings. The van der Waals surface area contributed by atoms with Crippen LogP contribution in [0.25, 0.3) is 0 Å². The Morgan fingerprint density at radius 3 is 2.77 bits per heavy atom. The van der Waals surface area contributed by atoms with Gasteiger partial charge in [-0.25, -0.2) is 0 Å². The first-order valence-electron chi connectivity index (χ1n) is 4.96. The van der Waals surface area contributed by atoms with Gasteiger partial charge in [-0.1, -0.05) is 12.2 Å². The Balaban J connectivity index is 2.33. The van der Waals surface area contributed by atoms with Gasteiger partial charge in [-0.15, -0.1) is 0 Å². The summed E-state index contributed by atoms with van der Waals surface area (Å²) in [6.07, 6.45) is 11.3. The van der Waals surface area contributed by atoms with E-state index in [9.17, 15) is 0 Å². The fourth-order valence-electron chi connectivity index (χ4n) is 1.96. The molecule has 0 N–H and O–H groups in total. The van der Waals surface area contributed by atoms with Crippen LogP contribution in [0.2, 0.25) is 0 Å². The number of hydrogen-bond donors (Lipinski definition) is 0. The molecule has 70 valence electrons. The maximum atomic E-state index is 2.37. The fraction of sp³-hybridized carbons (Fsp3) is 0.500. The lowest BCUT2D eigenvalue weighted by molar-refractivity contribution is 0.261. The minimum absolute atomic E-state index is 0.201. The highest BCUT2D eigenvalue weighted by Gasteiger charge is 2.26. The maximum absolute atomic E-state index is 2.37. The predicted octanol–water partition coefficient (Wildman–Crippen LogP) is 3.22. The summed E-state index contributed by atoms with van der Waals surface area (Å²) in [6, 6.07) is 0. The molecule has 0 amide bonds. The summed E-state index contributed by atoms with van der Waals surface area (Å²) >= 11 is 0. The van der Waals surface area contributed by atoms with E-state index in [1.165, 1.54) is 24.1 Å². The Labute approximate surface area is 80.4 Å². The topological polar surface area (TPSA) is 3.24 Å². The number of fused-ring (bicyclic) bond motifs is 1. The third kappa shape index (κ3) is 1.43. The molecule has 0 saturated heterocycles. The lowest BCUT2D eigenvalue weighted by Crippen LogP contribution is -2.37. The summed E-state index contributed by atoms with van der Waals surface area (Å²) in [4.78, 5) is 2.37. The summed E-state index contributed by atoms with van der Waals surface area (Å²) in [5.41, 5.74) is 3.12. The van der Waals surface area contributed by atoms with Gasteiger partial charge in [0, 0.05) is 17.4 Å². The second-order valence-corrected chi connectivity index (χ2v) is 4.70. The van der Waals surface area contributed by atoms with Crippen molar-refractivity contribution in [2.45, 2.75) is 39.2 Å². The molecule has 1 aliphatic heterocycles. The van der Waals surface area contributed by atoms with Gasteiger partial charge >= 0.3 is 0 Å². The smallest absolute Gasteiger partial charge is 0.0403 e. The predicted molar refractivity (Wildman–Crippen MR) is 56.1 cm³/mol. The average molecular weight is 175 g/mol. The Morgan fingerprint density at radius 1 is 1.31 bits per heavy atom. The van der Waals surface area contributed by atoms with E-state index in [1.54, 1.807) is 0 Å². The summed E-state index contributed by atoms with van der Waals surface area (Å²) in [7, 11) is 0. The first-order valence-corrected chi connectivity index (χ1v) is 4.96. The molecule has 1 heteroatoms. The summed E-state index contributed by atoms with van der Waals surface area (Å²) in [5, 5.41) is 0. The Bertz CT molecular complexity index is 300. The standard InChI is InChI=1S/C12H17N/c1-12(2,3)13-9-5-7-10-6-4-8-11(10)13/h5,7-9H,4,6H2,1-3H3.